The third-order valence-electron chi connectivity index (χ3n) is 6.14. The van der Waals surface area contributed by atoms with Gasteiger partial charge in [0.2, 0.25) is 6.79 Å². The van der Waals surface area contributed by atoms with E-state index in [0.29, 0.717) is 36.8 Å². The highest BCUT2D eigenvalue weighted by Crippen LogP contribution is 2.33. The van der Waals surface area contributed by atoms with Gasteiger partial charge in [-0.25, -0.2) is 0 Å². The number of benzene rings is 3. The fraction of sp³-hybridized carbons (Fsp3) is 0.296. The summed E-state index contributed by atoms with van der Waals surface area (Å²) in [5.41, 5.74) is 2.82. The van der Waals surface area contributed by atoms with Crippen LogP contribution in [0.25, 0.3) is 0 Å². The van der Waals surface area contributed by atoms with Gasteiger partial charge in [-0.15, -0.1) is 0 Å². The Morgan fingerprint density at radius 2 is 1.65 bits per heavy atom. The van der Waals surface area contributed by atoms with Crippen LogP contribution in [0.1, 0.15) is 21.5 Å². The Bertz CT molecular complexity index is 1160. The number of carbonyl (C=O) groups is 1. The van der Waals surface area contributed by atoms with Crippen LogP contribution in [0.3, 0.4) is 0 Å². The molecule has 7 nitrogen and oxygen atoms in total. The van der Waals surface area contributed by atoms with Gasteiger partial charge >= 0.3 is 0 Å². The zero-order valence-corrected chi connectivity index (χ0v) is 19.2. The number of ether oxygens (including phenoxy) is 4. The standard InChI is InChI=1S/C27H28N2O5/c1-31-23-7-2-3-8-24(23)32-18-21-5-4-6-22(15-21)27(30)29-13-11-28(12-14-29)17-20-9-10-25-26(16-20)34-19-33-25/h2-10,15-16H,11-14,17-19H2,1H3. The fourth-order valence-corrected chi connectivity index (χ4v) is 4.28. The third-order valence-corrected chi connectivity index (χ3v) is 6.14. The average molecular weight is 461 g/mol. The molecular weight excluding hydrogens is 432 g/mol. The van der Waals surface area contributed by atoms with E-state index in [9.17, 15) is 4.79 Å². The Morgan fingerprint density at radius 1 is 0.853 bits per heavy atom. The SMILES string of the molecule is COc1ccccc1OCc1cccc(C(=O)N2CCN(Cc3ccc4c(c3)OCO4)CC2)c1. The number of hydrogen-bond donors (Lipinski definition) is 0. The lowest BCUT2D eigenvalue weighted by Gasteiger charge is -2.34. The minimum atomic E-state index is 0.0573. The third kappa shape index (κ3) is 4.94. The molecule has 2 aliphatic rings. The van der Waals surface area contributed by atoms with Gasteiger partial charge in [0.15, 0.2) is 23.0 Å². The number of hydrogen-bond acceptors (Lipinski definition) is 6. The number of methoxy groups -OCH3 is 1. The van der Waals surface area contributed by atoms with Gasteiger partial charge in [-0.3, -0.25) is 9.69 Å². The predicted octanol–water partition coefficient (Wildman–Crippen LogP) is 3.96. The number of carbonyl (C=O) groups excluding carboxylic acids is 1. The Labute approximate surface area is 199 Å². The van der Waals surface area contributed by atoms with Crippen molar-refractivity contribution in [3.05, 3.63) is 83.4 Å². The van der Waals surface area contributed by atoms with E-state index < -0.39 is 0 Å². The minimum absolute atomic E-state index is 0.0573. The molecule has 0 atom stereocenters. The lowest BCUT2D eigenvalue weighted by Crippen LogP contribution is -2.48. The molecule has 0 aliphatic carbocycles. The summed E-state index contributed by atoms with van der Waals surface area (Å²) in [7, 11) is 1.62. The summed E-state index contributed by atoms with van der Waals surface area (Å²) in [6, 6.07) is 21.3. The molecule has 0 saturated carbocycles. The largest absolute Gasteiger partial charge is 0.493 e. The van der Waals surface area contributed by atoms with Crippen LogP contribution in [0.2, 0.25) is 0 Å². The molecule has 1 amide bonds. The van der Waals surface area contributed by atoms with Crippen LogP contribution < -0.4 is 18.9 Å². The van der Waals surface area contributed by atoms with Crippen LogP contribution in [0.5, 0.6) is 23.0 Å². The summed E-state index contributed by atoms with van der Waals surface area (Å²) < 4.78 is 22.1. The van der Waals surface area contributed by atoms with Crippen molar-refractivity contribution in [1.29, 1.82) is 0 Å². The second-order valence-electron chi connectivity index (χ2n) is 8.40. The van der Waals surface area contributed by atoms with E-state index >= 15 is 0 Å². The van der Waals surface area contributed by atoms with E-state index in [1.807, 2.05) is 65.6 Å². The molecule has 0 radical (unpaired) electrons. The smallest absolute Gasteiger partial charge is 0.253 e. The normalized spacial score (nSPS) is 15.3. The number of para-hydroxylation sites is 2. The zero-order chi connectivity index (χ0) is 23.3. The molecule has 0 bridgehead atoms. The maximum Gasteiger partial charge on any atom is 0.253 e. The van der Waals surface area contributed by atoms with E-state index in [0.717, 1.165) is 36.7 Å². The van der Waals surface area contributed by atoms with E-state index in [4.69, 9.17) is 18.9 Å². The number of piperazine rings is 1. The molecule has 2 aliphatic heterocycles. The summed E-state index contributed by atoms with van der Waals surface area (Å²) in [6.07, 6.45) is 0. The lowest BCUT2D eigenvalue weighted by atomic mass is 10.1. The van der Waals surface area contributed by atoms with E-state index in [1.54, 1.807) is 7.11 Å². The molecule has 0 N–H and O–H groups in total. The van der Waals surface area contributed by atoms with E-state index in [2.05, 4.69) is 11.0 Å². The Kier molecular flexibility index (Phi) is 6.53. The molecule has 1 fully saturated rings. The first-order valence-electron chi connectivity index (χ1n) is 11.4. The van der Waals surface area contributed by atoms with Crippen LogP contribution >= 0.6 is 0 Å². The molecular formula is C27H28N2O5. The molecule has 0 spiro atoms. The minimum Gasteiger partial charge on any atom is -0.493 e. The summed E-state index contributed by atoms with van der Waals surface area (Å²) >= 11 is 0. The first-order chi connectivity index (χ1) is 16.7. The van der Waals surface area contributed by atoms with Crippen molar-refractivity contribution in [2.75, 3.05) is 40.1 Å². The monoisotopic (exact) mass is 460 g/mol. The molecule has 1 saturated heterocycles. The van der Waals surface area contributed by atoms with Crippen molar-refractivity contribution < 1.29 is 23.7 Å². The molecule has 0 aromatic heterocycles. The Balaban J connectivity index is 1.15. The molecule has 0 unspecified atom stereocenters. The fourth-order valence-electron chi connectivity index (χ4n) is 4.28. The molecule has 34 heavy (non-hydrogen) atoms. The van der Waals surface area contributed by atoms with Gasteiger partial charge in [0, 0.05) is 38.3 Å². The molecule has 3 aromatic rings. The van der Waals surface area contributed by atoms with Gasteiger partial charge < -0.3 is 23.8 Å². The van der Waals surface area contributed by atoms with Gasteiger partial charge in [-0.2, -0.15) is 0 Å². The van der Waals surface area contributed by atoms with Crippen molar-refractivity contribution in [3.63, 3.8) is 0 Å². The predicted molar refractivity (Wildman–Crippen MR) is 128 cm³/mol. The average Bonchev–Trinajstić information content (AvgIpc) is 3.36. The van der Waals surface area contributed by atoms with Crippen molar-refractivity contribution in [1.82, 2.24) is 9.80 Å². The second kappa shape index (κ2) is 10.1. The van der Waals surface area contributed by atoms with Crippen LogP contribution in [-0.2, 0) is 13.2 Å². The number of rotatable bonds is 7. The summed E-state index contributed by atoms with van der Waals surface area (Å²) in [4.78, 5) is 17.4. The molecule has 2 heterocycles. The maximum atomic E-state index is 13.1. The highest BCUT2D eigenvalue weighted by Gasteiger charge is 2.23. The van der Waals surface area contributed by atoms with Crippen LogP contribution in [0.15, 0.2) is 66.7 Å². The van der Waals surface area contributed by atoms with Crippen molar-refractivity contribution in [2.24, 2.45) is 0 Å². The van der Waals surface area contributed by atoms with Gasteiger partial charge in [-0.05, 0) is 47.5 Å². The summed E-state index contributed by atoms with van der Waals surface area (Å²) in [5.74, 6) is 3.03. The molecule has 5 rings (SSSR count). The molecule has 176 valence electrons. The maximum absolute atomic E-state index is 13.1. The van der Waals surface area contributed by atoms with Gasteiger partial charge in [0.1, 0.15) is 6.61 Å². The topological polar surface area (TPSA) is 60.5 Å². The summed E-state index contributed by atoms with van der Waals surface area (Å²) in [5, 5.41) is 0. The number of fused-ring (bicyclic) bond motifs is 1. The first-order valence-corrected chi connectivity index (χ1v) is 11.4. The lowest BCUT2D eigenvalue weighted by molar-refractivity contribution is 0.0628. The van der Waals surface area contributed by atoms with Gasteiger partial charge in [0.05, 0.1) is 7.11 Å². The van der Waals surface area contributed by atoms with Crippen molar-refractivity contribution in [3.8, 4) is 23.0 Å². The number of nitrogens with zero attached hydrogens (tertiary/aromatic N) is 2. The van der Waals surface area contributed by atoms with Crippen LogP contribution in [0.4, 0.5) is 0 Å². The quantitative estimate of drug-likeness (QED) is 0.532. The van der Waals surface area contributed by atoms with Crippen molar-refractivity contribution >= 4 is 5.91 Å². The number of amides is 1. The Hall–Kier alpha value is -3.71. The molecule has 3 aromatic carbocycles. The highest BCUT2D eigenvalue weighted by molar-refractivity contribution is 5.94. The first kappa shape index (κ1) is 22.1. The van der Waals surface area contributed by atoms with E-state index in [-0.39, 0.29) is 12.7 Å². The molecule has 7 heteroatoms. The Morgan fingerprint density at radius 3 is 2.47 bits per heavy atom. The highest BCUT2D eigenvalue weighted by atomic mass is 16.7. The van der Waals surface area contributed by atoms with Gasteiger partial charge in [0.25, 0.3) is 5.91 Å². The van der Waals surface area contributed by atoms with Crippen LogP contribution in [-0.4, -0.2) is 55.8 Å². The van der Waals surface area contributed by atoms with E-state index in [1.165, 1.54) is 5.56 Å². The van der Waals surface area contributed by atoms with Crippen molar-refractivity contribution in [2.45, 2.75) is 13.2 Å². The summed E-state index contributed by atoms with van der Waals surface area (Å²) in [6.45, 7) is 4.54. The van der Waals surface area contributed by atoms with Crippen LogP contribution in [0, 0.1) is 0 Å². The zero-order valence-electron chi connectivity index (χ0n) is 19.2. The van der Waals surface area contributed by atoms with Gasteiger partial charge in [-0.1, -0.05) is 30.3 Å². The second-order valence-corrected chi connectivity index (χ2v) is 8.40.